The zero-order chi connectivity index (χ0) is 23.3. The maximum Gasteiger partial charge on any atom is 0.264 e. The zero-order valence-corrected chi connectivity index (χ0v) is 19.7. The molecule has 0 aliphatic carbocycles. The van der Waals surface area contributed by atoms with Crippen LogP contribution in [-0.4, -0.2) is 28.0 Å². The molecule has 3 rings (SSSR count). The fourth-order valence-corrected chi connectivity index (χ4v) is 4.89. The summed E-state index contributed by atoms with van der Waals surface area (Å²) in [6.45, 7) is 3.30. The average Bonchev–Trinajstić information content (AvgIpc) is 2.77. The number of benzene rings is 3. The number of nitrogens with zero attached hydrogens (tertiary/aromatic N) is 1. The predicted molar refractivity (Wildman–Crippen MR) is 127 cm³/mol. The van der Waals surface area contributed by atoms with Gasteiger partial charge in [0.1, 0.15) is 12.3 Å². The molecular formula is C24H25ClN2O4S. The van der Waals surface area contributed by atoms with E-state index >= 15 is 0 Å². The lowest BCUT2D eigenvalue weighted by molar-refractivity contribution is -0.120. The molecule has 3 aromatic rings. The minimum atomic E-state index is -4.01. The van der Waals surface area contributed by atoms with Gasteiger partial charge in [0, 0.05) is 10.6 Å². The highest BCUT2D eigenvalue weighted by Crippen LogP contribution is 2.27. The third kappa shape index (κ3) is 5.41. The molecule has 0 radical (unpaired) electrons. The lowest BCUT2D eigenvalue weighted by Gasteiger charge is -2.25. The number of rotatable bonds is 8. The SMILES string of the molecule is COc1ccccc1C(C)NC(=O)CN(c1cccc(C)c1)S(=O)(=O)c1ccc(Cl)cc1. The normalized spacial score (nSPS) is 12.1. The van der Waals surface area contributed by atoms with Gasteiger partial charge in [0.15, 0.2) is 0 Å². The summed E-state index contributed by atoms with van der Waals surface area (Å²) in [5, 5.41) is 3.30. The van der Waals surface area contributed by atoms with Gasteiger partial charge in [-0.1, -0.05) is 41.9 Å². The van der Waals surface area contributed by atoms with Crippen molar-refractivity contribution in [2.75, 3.05) is 18.0 Å². The number of carbonyl (C=O) groups is 1. The summed E-state index contributed by atoms with van der Waals surface area (Å²) < 4.78 is 33.3. The Morgan fingerprint density at radius 2 is 1.75 bits per heavy atom. The Morgan fingerprint density at radius 1 is 1.06 bits per heavy atom. The molecule has 3 aromatic carbocycles. The summed E-state index contributed by atoms with van der Waals surface area (Å²) in [7, 11) is -2.45. The summed E-state index contributed by atoms with van der Waals surface area (Å²) in [6.07, 6.45) is 0. The Bertz CT molecular complexity index is 1200. The van der Waals surface area contributed by atoms with Gasteiger partial charge in [-0.15, -0.1) is 0 Å². The van der Waals surface area contributed by atoms with E-state index in [1.54, 1.807) is 25.3 Å². The highest BCUT2D eigenvalue weighted by molar-refractivity contribution is 7.92. The van der Waals surface area contributed by atoms with E-state index in [0.29, 0.717) is 16.5 Å². The van der Waals surface area contributed by atoms with Crippen molar-refractivity contribution in [3.05, 3.63) is 88.9 Å². The Hall–Kier alpha value is -3.03. The molecule has 0 saturated heterocycles. The van der Waals surface area contributed by atoms with Gasteiger partial charge in [-0.25, -0.2) is 8.42 Å². The van der Waals surface area contributed by atoms with E-state index in [1.807, 2.05) is 44.2 Å². The van der Waals surface area contributed by atoms with Crippen molar-refractivity contribution >= 4 is 33.2 Å². The number of hydrogen-bond acceptors (Lipinski definition) is 4. The van der Waals surface area contributed by atoms with Gasteiger partial charge < -0.3 is 10.1 Å². The summed E-state index contributed by atoms with van der Waals surface area (Å²) in [4.78, 5) is 13.0. The largest absolute Gasteiger partial charge is 0.496 e. The molecule has 0 spiro atoms. The molecule has 1 atom stereocenters. The fraction of sp³-hybridized carbons (Fsp3) is 0.208. The first-order valence-corrected chi connectivity index (χ1v) is 11.8. The van der Waals surface area contributed by atoms with Gasteiger partial charge in [-0.2, -0.15) is 0 Å². The highest BCUT2D eigenvalue weighted by atomic mass is 35.5. The average molecular weight is 473 g/mol. The molecule has 32 heavy (non-hydrogen) atoms. The maximum absolute atomic E-state index is 13.4. The number of ether oxygens (including phenoxy) is 1. The summed E-state index contributed by atoms with van der Waals surface area (Å²) in [6, 6.07) is 19.8. The molecule has 0 aliphatic rings. The van der Waals surface area contributed by atoms with Crippen LogP contribution in [0.1, 0.15) is 24.1 Å². The Kier molecular flexibility index (Phi) is 7.43. The van der Waals surface area contributed by atoms with Gasteiger partial charge in [0.05, 0.1) is 23.7 Å². The third-order valence-electron chi connectivity index (χ3n) is 4.96. The van der Waals surface area contributed by atoms with Crippen LogP contribution >= 0.6 is 11.6 Å². The van der Waals surface area contributed by atoms with E-state index in [2.05, 4.69) is 5.32 Å². The van der Waals surface area contributed by atoms with E-state index in [9.17, 15) is 13.2 Å². The maximum atomic E-state index is 13.4. The van der Waals surface area contributed by atoms with Gasteiger partial charge in [-0.3, -0.25) is 9.10 Å². The van der Waals surface area contributed by atoms with Gasteiger partial charge in [0.2, 0.25) is 5.91 Å². The standard InChI is InChI=1S/C24H25ClN2O4S/c1-17-7-6-8-20(15-17)27(32(29,30)21-13-11-19(25)12-14-21)16-24(28)26-18(2)22-9-4-5-10-23(22)31-3/h4-15,18H,16H2,1-3H3,(H,26,28). The van der Waals surface area contributed by atoms with Crippen LogP contribution < -0.4 is 14.4 Å². The molecule has 0 saturated carbocycles. The number of sulfonamides is 1. The number of methoxy groups -OCH3 is 1. The van der Waals surface area contributed by atoms with Crippen molar-refractivity contribution in [1.29, 1.82) is 0 Å². The third-order valence-corrected chi connectivity index (χ3v) is 7.00. The van der Waals surface area contributed by atoms with Gasteiger partial charge in [-0.05, 0) is 61.9 Å². The van der Waals surface area contributed by atoms with Crippen LogP contribution in [0.5, 0.6) is 5.75 Å². The molecule has 0 aliphatic heterocycles. The molecule has 0 fully saturated rings. The molecule has 1 N–H and O–H groups in total. The number of halogens is 1. The van der Waals surface area contributed by atoms with E-state index < -0.39 is 15.9 Å². The number of anilines is 1. The van der Waals surface area contributed by atoms with Crippen molar-refractivity contribution in [1.82, 2.24) is 5.32 Å². The monoisotopic (exact) mass is 472 g/mol. The molecule has 1 amide bonds. The van der Waals surface area contributed by atoms with E-state index in [4.69, 9.17) is 16.3 Å². The Labute approximate surface area is 193 Å². The minimum absolute atomic E-state index is 0.0500. The number of nitrogens with one attached hydrogen (secondary N) is 1. The first kappa shape index (κ1) is 23.6. The molecular weight excluding hydrogens is 448 g/mol. The van der Waals surface area contributed by atoms with Crippen molar-refractivity contribution in [2.24, 2.45) is 0 Å². The number of amides is 1. The Balaban J connectivity index is 1.90. The molecule has 8 heteroatoms. The summed E-state index contributed by atoms with van der Waals surface area (Å²) in [5.41, 5.74) is 2.08. The molecule has 0 heterocycles. The number of para-hydroxylation sites is 1. The number of hydrogen-bond donors (Lipinski definition) is 1. The van der Waals surface area contributed by atoms with Crippen LogP contribution in [0.15, 0.2) is 77.7 Å². The topological polar surface area (TPSA) is 75.7 Å². The molecule has 6 nitrogen and oxygen atoms in total. The van der Waals surface area contributed by atoms with Crippen LogP contribution in [-0.2, 0) is 14.8 Å². The van der Waals surface area contributed by atoms with Crippen LogP contribution in [0.2, 0.25) is 5.02 Å². The molecule has 1 unspecified atom stereocenters. The van der Waals surface area contributed by atoms with Crippen molar-refractivity contribution in [2.45, 2.75) is 24.8 Å². The smallest absolute Gasteiger partial charge is 0.264 e. The molecule has 0 bridgehead atoms. The van der Waals surface area contributed by atoms with Gasteiger partial charge >= 0.3 is 0 Å². The highest BCUT2D eigenvalue weighted by Gasteiger charge is 2.28. The Morgan fingerprint density at radius 3 is 2.41 bits per heavy atom. The van der Waals surface area contributed by atoms with Crippen LogP contribution in [0.4, 0.5) is 5.69 Å². The first-order valence-electron chi connectivity index (χ1n) is 9.99. The molecule has 0 aromatic heterocycles. The summed E-state index contributed by atoms with van der Waals surface area (Å²) >= 11 is 5.92. The van der Waals surface area contributed by atoms with E-state index in [1.165, 1.54) is 24.3 Å². The number of carbonyl (C=O) groups excluding carboxylic acids is 1. The van der Waals surface area contributed by atoms with Crippen molar-refractivity contribution < 1.29 is 17.9 Å². The summed E-state index contributed by atoms with van der Waals surface area (Å²) in [5.74, 6) is 0.201. The predicted octanol–water partition coefficient (Wildman–Crippen LogP) is 4.73. The van der Waals surface area contributed by atoms with Crippen LogP contribution in [0.3, 0.4) is 0 Å². The minimum Gasteiger partial charge on any atom is -0.496 e. The quantitative estimate of drug-likeness (QED) is 0.514. The zero-order valence-electron chi connectivity index (χ0n) is 18.1. The lowest BCUT2D eigenvalue weighted by Crippen LogP contribution is -2.41. The second-order valence-corrected chi connectivity index (χ2v) is 9.63. The van der Waals surface area contributed by atoms with E-state index in [0.717, 1.165) is 15.4 Å². The lowest BCUT2D eigenvalue weighted by atomic mass is 10.1. The van der Waals surface area contributed by atoms with Crippen LogP contribution in [0.25, 0.3) is 0 Å². The molecule has 168 valence electrons. The van der Waals surface area contributed by atoms with Gasteiger partial charge in [0.25, 0.3) is 10.0 Å². The second kappa shape index (κ2) is 10.1. The van der Waals surface area contributed by atoms with Crippen molar-refractivity contribution in [3.63, 3.8) is 0 Å². The van der Waals surface area contributed by atoms with Crippen LogP contribution in [0, 0.1) is 6.92 Å². The second-order valence-electron chi connectivity index (χ2n) is 7.34. The fourth-order valence-electron chi connectivity index (χ4n) is 3.35. The van der Waals surface area contributed by atoms with Crippen molar-refractivity contribution in [3.8, 4) is 5.75 Å². The number of aryl methyl sites for hydroxylation is 1. The van der Waals surface area contributed by atoms with E-state index in [-0.39, 0.29) is 17.5 Å². The first-order chi connectivity index (χ1) is 15.2.